The predicted molar refractivity (Wildman–Crippen MR) is 68.8 cm³/mol. The van der Waals surface area contributed by atoms with Crippen molar-refractivity contribution >= 4 is 5.91 Å². The summed E-state index contributed by atoms with van der Waals surface area (Å²) in [5.74, 6) is 0.229. The number of likely N-dealkylation sites (N-methyl/N-ethyl adjacent to an activating group) is 1. The van der Waals surface area contributed by atoms with Crippen molar-refractivity contribution in [2.24, 2.45) is 0 Å². The minimum Gasteiger partial charge on any atom is -0.395 e. The number of carbonyl (C=O) groups excluding carboxylic acids is 1. The summed E-state index contributed by atoms with van der Waals surface area (Å²) in [5, 5.41) is 8.92. The van der Waals surface area contributed by atoms with Crippen LogP contribution in [-0.4, -0.2) is 59.6 Å². The molecule has 0 aromatic carbocycles. The van der Waals surface area contributed by atoms with Crippen LogP contribution in [0.5, 0.6) is 0 Å². The van der Waals surface area contributed by atoms with Gasteiger partial charge in [-0.3, -0.25) is 9.69 Å². The largest absolute Gasteiger partial charge is 0.395 e. The predicted octanol–water partition coefficient (Wildman–Crippen LogP) is 1.09. The molecule has 1 unspecified atom stereocenters. The molecule has 0 bridgehead atoms. The summed E-state index contributed by atoms with van der Waals surface area (Å²) in [6.07, 6.45) is 4.58. The Morgan fingerprint density at radius 1 is 1.41 bits per heavy atom. The van der Waals surface area contributed by atoms with Gasteiger partial charge in [0.05, 0.1) is 13.2 Å². The van der Waals surface area contributed by atoms with Crippen molar-refractivity contribution in [1.82, 2.24) is 9.80 Å². The van der Waals surface area contributed by atoms with Gasteiger partial charge in [-0.1, -0.05) is 13.8 Å². The van der Waals surface area contributed by atoms with Gasteiger partial charge in [0, 0.05) is 19.1 Å². The molecule has 0 aromatic rings. The molecule has 1 heterocycles. The van der Waals surface area contributed by atoms with Gasteiger partial charge in [-0.05, 0) is 32.2 Å². The van der Waals surface area contributed by atoms with E-state index in [1.54, 1.807) is 0 Å². The first kappa shape index (κ1) is 14.5. The number of nitrogens with zero attached hydrogens (tertiary/aromatic N) is 2. The van der Waals surface area contributed by atoms with E-state index in [1.165, 1.54) is 6.42 Å². The Kier molecular flexibility index (Phi) is 6.52. The molecule has 100 valence electrons. The number of amides is 1. The van der Waals surface area contributed by atoms with E-state index in [0.717, 1.165) is 32.4 Å². The second-order valence-corrected chi connectivity index (χ2v) is 4.74. The summed E-state index contributed by atoms with van der Waals surface area (Å²) in [6.45, 7) is 7.07. The normalized spacial score (nSPS) is 20.9. The average Bonchev–Trinajstić information content (AvgIpc) is 2.38. The minimum atomic E-state index is 0.123. The van der Waals surface area contributed by atoms with Crippen molar-refractivity contribution < 1.29 is 9.90 Å². The summed E-state index contributed by atoms with van der Waals surface area (Å²) in [5.41, 5.74) is 0. The van der Waals surface area contributed by atoms with Crippen molar-refractivity contribution in [3.8, 4) is 0 Å². The Balaban J connectivity index is 2.49. The monoisotopic (exact) mass is 242 g/mol. The Hall–Kier alpha value is -0.610. The first-order valence-corrected chi connectivity index (χ1v) is 6.85. The highest BCUT2D eigenvalue weighted by molar-refractivity contribution is 5.78. The van der Waals surface area contributed by atoms with Gasteiger partial charge in [-0.25, -0.2) is 0 Å². The van der Waals surface area contributed by atoms with Crippen molar-refractivity contribution in [3.05, 3.63) is 0 Å². The minimum absolute atomic E-state index is 0.123. The molecule has 1 atom stereocenters. The zero-order valence-electron chi connectivity index (χ0n) is 11.2. The van der Waals surface area contributed by atoms with Crippen LogP contribution < -0.4 is 0 Å². The zero-order chi connectivity index (χ0) is 12.7. The molecule has 4 nitrogen and oxygen atoms in total. The fourth-order valence-electron chi connectivity index (χ4n) is 2.53. The van der Waals surface area contributed by atoms with E-state index in [1.807, 2.05) is 16.7 Å². The molecular formula is C13H26N2O2. The number of rotatable bonds is 6. The highest BCUT2D eigenvalue weighted by Gasteiger charge is 2.25. The number of aliphatic hydroxyl groups excluding tert-OH is 1. The lowest BCUT2D eigenvalue weighted by Crippen LogP contribution is -2.48. The van der Waals surface area contributed by atoms with Gasteiger partial charge in [-0.15, -0.1) is 0 Å². The van der Waals surface area contributed by atoms with Crippen molar-refractivity contribution in [1.29, 1.82) is 0 Å². The third kappa shape index (κ3) is 4.28. The van der Waals surface area contributed by atoms with E-state index in [-0.39, 0.29) is 12.5 Å². The molecule has 0 saturated carbocycles. The van der Waals surface area contributed by atoms with Crippen LogP contribution in [-0.2, 0) is 4.79 Å². The fraction of sp³-hybridized carbons (Fsp3) is 0.923. The van der Waals surface area contributed by atoms with Gasteiger partial charge >= 0.3 is 0 Å². The number of aliphatic hydroxyl groups is 1. The topological polar surface area (TPSA) is 43.8 Å². The molecule has 4 heteroatoms. The van der Waals surface area contributed by atoms with Crippen molar-refractivity contribution in [2.45, 2.75) is 45.6 Å². The van der Waals surface area contributed by atoms with E-state index in [9.17, 15) is 4.79 Å². The zero-order valence-corrected chi connectivity index (χ0v) is 11.2. The van der Waals surface area contributed by atoms with Gasteiger partial charge in [0.1, 0.15) is 0 Å². The lowest BCUT2D eigenvalue weighted by atomic mass is 10.00. The summed E-state index contributed by atoms with van der Waals surface area (Å²) >= 11 is 0. The quantitative estimate of drug-likeness (QED) is 0.758. The second kappa shape index (κ2) is 7.67. The molecule has 1 fully saturated rings. The van der Waals surface area contributed by atoms with Gasteiger partial charge in [0.15, 0.2) is 0 Å². The molecule has 0 aromatic heterocycles. The lowest BCUT2D eigenvalue weighted by Gasteiger charge is -2.36. The number of hydrogen-bond acceptors (Lipinski definition) is 3. The van der Waals surface area contributed by atoms with Crippen LogP contribution in [0, 0.1) is 0 Å². The van der Waals surface area contributed by atoms with Gasteiger partial charge < -0.3 is 10.0 Å². The van der Waals surface area contributed by atoms with E-state index < -0.39 is 0 Å². The molecule has 0 aliphatic carbocycles. The fourth-order valence-corrected chi connectivity index (χ4v) is 2.53. The standard InChI is InChI=1S/C13H26N2O2/c1-3-12-7-5-6-8-15(12)13(17)11-14(4-2)9-10-16/h12,16H,3-11H2,1-2H3. The maximum Gasteiger partial charge on any atom is 0.236 e. The van der Waals surface area contributed by atoms with E-state index in [2.05, 4.69) is 6.92 Å². The third-order valence-corrected chi connectivity index (χ3v) is 3.64. The molecule has 1 aliphatic heterocycles. The summed E-state index contributed by atoms with van der Waals surface area (Å²) in [6, 6.07) is 0.434. The first-order chi connectivity index (χ1) is 8.22. The smallest absolute Gasteiger partial charge is 0.236 e. The van der Waals surface area contributed by atoms with E-state index in [4.69, 9.17) is 5.11 Å². The van der Waals surface area contributed by atoms with Crippen LogP contribution in [0.3, 0.4) is 0 Å². The van der Waals surface area contributed by atoms with Gasteiger partial charge in [-0.2, -0.15) is 0 Å². The van der Waals surface area contributed by atoms with E-state index >= 15 is 0 Å². The second-order valence-electron chi connectivity index (χ2n) is 4.74. The van der Waals surface area contributed by atoms with E-state index in [0.29, 0.717) is 19.1 Å². The van der Waals surface area contributed by atoms with Crippen LogP contribution in [0.4, 0.5) is 0 Å². The molecular weight excluding hydrogens is 216 g/mol. The lowest BCUT2D eigenvalue weighted by molar-refractivity contribution is -0.136. The Labute approximate surface area is 105 Å². The maximum absolute atomic E-state index is 12.2. The molecule has 1 N–H and O–H groups in total. The SMILES string of the molecule is CCC1CCCCN1C(=O)CN(CC)CCO. The van der Waals surface area contributed by atoms with Crippen LogP contribution >= 0.6 is 0 Å². The Morgan fingerprint density at radius 3 is 2.76 bits per heavy atom. The number of carbonyl (C=O) groups is 1. The van der Waals surface area contributed by atoms with Crippen LogP contribution in [0.1, 0.15) is 39.5 Å². The van der Waals surface area contributed by atoms with Gasteiger partial charge in [0.2, 0.25) is 5.91 Å². The van der Waals surface area contributed by atoms with Crippen molar-refractivity contribution in [3.63, 3.8) is 0 Å². The Morgan fingerprint density at radius 2 is 2.18 bits per heavy atom. The van der Waals surface area contributed by atoms with Crippen LogP contribution in [0.25, 0.3) is 0 Å². The highest BCUT2D eigenvalue weighted by Crippen LogP contribution is 2.19. The maximum atomic E-state index is 12.2. The molecule has 17 heavy (non-hydrogen) atoms. The summed E-state index contributed by atoms with van der Waals surface area (Å²) < 4.78 is 0. The van der Waals surface area contributed by atoms with Crippen LogP contribution in [0.2, 0.25) is 0 Å². The number of piperidine rings is 1. The average molecular weight is 242 g/mol. The molecule has 1 rings (SSSR count). The highest BCUT2D eigenvalue weighted by atomic mass is 16.3. The van der Waals surface area contributed by atoms with Gasteiger partial charge in [0.25, 0.3) is 0 Å². The molecule has 1 saturated heterocycles. The summed E-state index contributed by atoms with van der Waals surface area (Å²) in [7, 11) is 0. The van der Waals surface area contributed by atoms with Crippen LogP contribution in [0.15, 0.2) is 0 Å². The molecule has 0 spiro atoms. The molecule has 1 amide bonds. The molecule has 1 aliphatic rings. The third-order valence-electron chi connectivity index (χ3n) is 3.64. The summed E-state index contributed by atoms with van der Waals surface area (Å²) in [4.78, 5) is 16.3. The first-order valence-electron chi connectivity index (χ1n) is 6.85. The number of hydrogen-bond donors (Lipinski definition) is 1. The molecule has 0 radical (unpaired) electrons. The Bertz CT molecular complexity index is 233. The van der Waals surface area contributed by atoms with Crippen molar-refractivity contribution in [2.75, 3.05) is 32.8 Å². The number of likely N-dealkylation sites (tertiary alicyclic amines) is 1.